The van der Waals surface area contributed by atoms with Crippen molar-refractivity contribution < 1.29 is 9.59 Å². The van der Waals surface area contributed by atoms with Gasteiger partial charge in [-0.1, -0.05) is 79.1 Å². The molecule has 0 saturated heterocycles. The highest BCUT2D eigenvalue weighted by molar-refractivity contribution is 7.99. The van der Waals surface area contributed by atoms with E-state index in [9.17, 15) is 9.59 Å². The molecule has 1 amide bonds. The van der Waals surface area contributed by atoms with Crippen LogP contribution in [0.5, 0.6) is 0 Å². The molecule has 0 bridgehead atoms. The van der Waals surface area contributed by atoms with Crippen molar-refractivity contribution in [3.63, 3.8) is 0 Å². The molecule has 0 spiro atoms. The first-order valence-corrected chi connectivity index (χ1v) is 11.9. The number of thioether (sulfide) groups is 1. The lowest BCUT2D eigenvalue weighted by atomic mass is 10.0. The number of nitrogens with zero attached hydrogens (tertiary/aromatic N) is 3. The molecule has 168 valence electrons. The molecule has 0 saturated carbocycles. The van der Waals surface area contributed by atoms with E-state index in [0.717, 1.165) is 0 Å². The summed E-state index contributed by atoms with van der Waals surface area (Å²) < 4.78 is 1.82. The molecule has 1 N–H and O–H groups in total. The third kappa shape index (κ3) is 6.12. The Bertz CT molecular complexity index is 1100. The first-order chi connectivity index (χ1) is 15.3. The Morgan fingerprint density at radius 1 is 1.09 bits per heavy atom. The molecule has 0 aliphatic carbocycles. The number of ketones is 1. The Labute approximate surface area is 201 Å². The molecule has 6 nitrogen and oxygen atoms in total. The van der Waals surface area contributed by atoms with E-state index >= 15 is 0 Å². The molecule has 1 heterocycles. The van der Waals surface area contributed by atoms with Crippen molar-refractivity contribution in [3.8, 4) is 0 Å². The van der Waals surface area contributed by atoms with Gasteiger partial charge in [0.15, 0.2) is 16.8 Å². The van der Waals surface area contributed by atoms with Crippen LogP contribution < -0.4 is 5.32 Å². The predicted molar refractivity (Wildman–Crippen MR) is 129 cm³/mol. The molecule has 0 fully saturated rings. The summed E-state index contributed by atoms with van der Waals surface area (Å²) in [5.41, 5.74) is 1.00. The Morgan fingerprint density at radius 2 is 1.81 bits per heavy atom. The van der Waals surface area contributed by atoms with Crippen LogP contribution in [-0.2, 0) is 7.05 Å². The number of amides is 1. The van der Waals surface area contributed by atoms with Gasteiger partial charge in [-0.15, -0.1) is 10.2 Å². The zero-order valence-electron chi connectivity index (χ0n) is 18.0. The number of aromatic nitrogens is 3. The van der Waals surface area contributed by atoms with Crippen molar-refractivity contribution in [2.24, 2.45) is 13.0 Å². The van der Waals surface area contributed by atoms with Crippen molar-refractivity contribution in [2.45, 2.75) is 31.5 Å². The van der Waals surface area contributed by atoms with Crippen molar-refractivity contribution in [1.82, 2.24) is 20.1 Å². The van der Waals surface area contributed by atoms with Gasteiger partial charge < -0.3 is 9.88 Å². The van der Waals surface area contributed by atoms with Crippen molar-refractivity contribution in [2.75, 3.05) is 5.75 Å². The lowest BCUT2D eigenvalue weighted by molar-refractivity contribution is 0.0928. The number of carbonyl (C=O) groups is 2. The van der Waals surface area contributed by atoms with Crippen LogP contribution in [0.25, 0.3) is 0 Å². The molecule has 0 radical (unpaired) electrons. The van der Waals surface area contributed by atoms with E-state index in [1.807, 2.05) is 29.8 Å². The molecular formula is C23H24Cl2N4O2S. The first-order valence-electron chi connectivity index (χ1n) is 10.1. The number of rotatable bonds is 9. The molecule has 1 aromatic heterocycles. The minimum absolute atomic E-state index is 0.0181. The quantitative estimate of drug-likeness (QED) is 0.311. The summed E-state index contributed by atoms with van der Waals surface area (Å²) in [5, 5.41) is 12.9. The lowest BCUT2D eigenvalue weighted by Gasteiger charge is -2.20. The van der Waals surface area contributed by atoms with Gasteiger partial charge in [-0.05, 0) is 30.5 Å². The normalized spacial score (nSPS) is 12.1. The van der Waals surface area contributed by atoms with E-state index in [-0.39, 0.29) is 28.5 Å². The number of hydrogen-bond acceptors (Lipinski definition) is 5. The molecule has 3 aromatic rings. The van der Waals surface area contributed by atoms with Crippen LogP contribution in [-0.4, -0.2) is 32.2 Å². The lowest BCUT2D eigenvalue weighted by Crippen LogP contribution is -2.31. The average molecular weight is 491 g/mol. The van der Waals surface area contributed by atoms with Crippen LogP contribution in [0.3, 0.4) is 0 Å². The average Bonchev–Trinajstić information content (AvgIpc) is 3.12. The van der Waals surface area contributed by atoms with Crippen molar-refractivity contribution in [3.05, 3.63) is 75.5 Å². The summed E-state index contributed by atoms with van der Waals surface area (Å²) >= 11 is 13.5. The number of hydrogen-bond donors (Lipinski definition) is 1. The predicted octanol–water partition coefficient (Wildman–Crippen LogP) is 5.61. The van der Waals surface area contributed by atoms with E-state index in [1.54, 1.807) is 24.3 Å². The van der Waals surface area contributed by atoms with Crippen LogP contribution in [0.15, 0.2) is 53.7 Å². The second kappa shape index (κ2) is 11.0. The van der Waals surface area contributed by atoms with E-state index in [4.69, 9.17) is 23.2 Å². The maximum Gasteiger partial charge on any atom is 0.253 e. The van der Waals surface area contributed by atoms with Crippen LogP contribution >= 0.6 is 35.0 Å². The van der Waals surface area contributed by atoms with Gasteiger partial charge in [-0.25, -0.2) is 0 Å². The number of Topliss-reactive ketones (excluding diaryl/α,β-unsaturated/α-hetero) is 1. The van der Waals surface area contributed by atoms with Gasteiger partial charge >= 0.3 is 0 Å². The van der Waals surface area contributed by atoms with Crippen LogP contribution in [0.2, 0.25) is 10.0 Å². The number of carbonyl (C=O) groups excluding carboxylic acids is 2. The third-order valence-corrected chi connectivity index (χ3v) is 6.36. The van der Waals surface area contributed by atoms with Gasteiger partial charge in [0.05, 0.1) is 22.4 Å². The summed E-state index contributed by atoms with van der Waals surface area (Å²) in [5.74, 6) is 0.871. The highest BCUT2D eigenvalue weighted by Crippen LogP contribution is 2.26. The highest BCUT2D eigenvalue weighted by atomic mass is 35.5. The Balaban J connectivity index is 1.75. The molecule has 32 heavy (non-hydrogen) atoms. The topological polar surface area (TPSA) is 76.9 Å². The fourth-order valence-electron chi connectivity index (χ4n) is 3.20. The van der Waals surface area contributed by atoms with E-state index in [1.165, 1.54) is 17.8 Å². The SMILES string of the molecule is CC(C)C[C@H](NC(=O)c1ccc(Cl)cc1Cl)c1nnc(SCC(=O)c2ccccc2)n1C. The Morgan fingerprint density at radius 3 is 2.47 bits per heavy atom. The minimum atomic E-state index is -0.370. The zero-order chi connectivity index (χ0) is 23.3. The van der Waals surface area contributed by atoms with Crippen LogP contribution in [0, 0.1) is 5.92 Å². The fraction of sp³-hybridized carbons (Fsp3) is 0.304. The van der Waals surface area contributed by atoms with Gasteiger partial charge in [0, 0.05) is 17.6 Å². The Hall–Kier alpha value is -2.35. The second-order valence-electron chi connectivity index (χ2n) is 7.76. The van der Waals surface area contributed by atoms with Gasteiger partial charge in [0.25, 0.3) is 5.91 Å². The smallest absolute Gasteiger partial charge is 0.253 e. The zero-order valence-corrected chi connectivity index (χ0v) is 20.3. The van der Waals surface area contributed by atoms with E-state index in [0.29, 0.717) is 39.5 Å². The molecule has 2 aromatic carbocycles. The fourth-order valence-corrected chi connectivity index (χ4v) is 4.51. The molecule has 0 unspecified atom stereocenters. The number of halogens is 2. The molecule has 0 aliphatic heterocycles. The maximum absolute atomic E-state index is 12.9. The maximum atomic E-state index is 12.9. The number of benzene rings is 2. The van der Waals surface area contributed by atoms with Gasteiger partial charge in [0.2, 0.25) is 0 Å². The van der Waals surface area contributed by atoms with E-state index < -0.39 is 0 Å². The van der Waals surface area contributed by atoms with E-state index in [2.05, 4.69) is 29.4 Å². The van der Waals surface area contributed by atoms with Gasteiger partial charge in [-0.2, -0.15) is 0 Å². The first kappa shape index (κ1) is 24.3. The molecule has 3 rings (SSSR count). The van der Waals surface area contributed by atoms with Crippen LogP contribution in [0.1, 0.15) is 52.9 Å². The summed E-state index contributed by atoms with van der Waals surface area (Å²) in [6.45, 7) is 4.14. The molecule has 0 aliphatic rings. The monoisotopic (exact) mass is 490 g/mol. The minimum Gasteiger partial charge on any atom is -0.342 e. The summed E-state index contributed by atoms with van der Waals surface area (Å²) in [6.07, 6.45) is 0.663. The van der Waals surface area contributed by atoms with Crippen LogP contribution in [0.4, 0.5) is 0 Å². The third-order valence-electron chi connectivity index (χ3n) is 4.80. The molecule has 1 atom stereocenters. The highest BCUT2D eigenvalue weighted by Gasteiger charge is 2.24. The second-order valence-corrected chi connectivity index (χ2v) is 9.54. The number of nitrogens with one attached hydrogen (secondary N) is 1. The summed E-state index contributed by atoms with van der Waals surface area (Å²) in [4.78, 5) is 25.3. The Kier molecular flexibility index (Phi) is 8.34. The summed E-state index contributed by atoms with van der Waals surface area (Å²) in [6, 6.07) is 13.5. The van der Waals surface area contributed by atoms with Gasteiger partial charge in [-0.3, -0.25) is 9.59 Å². The van der Waals surface area contributed by atoms with Crippen molar-refractivity contribution >= 4 is 46.7 Å². The largest absolute Gasteiger partial charge is 0.342 e. The standard InChI is InChI=1S/C23H24Cl2N4O2S/c1-14(2)11-19(26-22(31)17-10-9-16(24)12-18(17)25)21-27-28-23(29(21)3)32-13-20(30)15-7-5-4-6-8-15/h4-10,12,14,19H,11,13H2,1-3H3,(H,26,31)/t19-/m0/s1. The van der Waals surface area contributed by atoms with Gasteiger partial charge in [0.1, 0.15) is 0 Å². The summed E-state index contributed by atoms with van der Waals surface area (Å²) in [7, 11) is 1.83. The van der Waals surface area contributed by atoms with Crippen molar-refractivity contribution in [1.29, 1.82) is 0 Å². The molecule has 9 heteroatoms. The molecular weight excluding hydrogens is 467 g/mol.